The van der Waals surface area contributed by atoms with Gasteiger partial charge in [0.05, 0.1) is 32.2 Å². The molecular weight excluding hydrogens is 527 g/mol. The van der Waals surface area contributed by atoms with Crippen molar-refractivity contribution >= 4 is 69.8 Å². The number of nitrogens with one attached hydrogen (secondary N) is 1. The quantitative estimate of drug-likeness (QED) is 0.430. The molecule has 0 radical (unpaired) electrons. The van der Waals surface area contributed by atoms with Gasteiger partial charge >= 0.3 is 6.18 Å². The lowest BCUT2D eigenvalue weighted by atomic mass is 9.76. The molecule has 1 atom stereocenters. The van der Waals surface area contributed by atoms with Crippen molar-refractivity contribution in [1.82, 2.24) is 5.32 Å². The van der Waals surface area contributed by atoms with Crippen molar-refractivity contribution in [3.63, 3.8) is 0 Å². The number of carbonyl (C=O) groups excluding carboxylic acids is 1. The number of halogens is 7. The van der Waals surface area contributed by atoms with E-state index in [1.54, 1.807) is 17.8 Å². The molecular formula is C21H15Cl4F3N2OS. The van der Waals surface area contributed by atoms with E-state index in [9.17, 15) is 18.0 Å². The van der Waals surface area contributed by atoms with Gasteiger partial charge in [-0.25, -0.2) is 0 Å². The van der Waals surface area contributed by atoms with Gasteiger partial charge in [0.25, 0.3) is 5.91 Å². The average molecular weight is 542 g/mol. The number of aliphatic imine (C=N–C) groups is 1. The van der Waals surface area contributed by atoms with Gasteiger partial charge in [-0.2, -0.15) is 24.9 Å². The van der Waals surface area contributed by atoms with Gasteiger partial charge in [-0.3, -0.25) is 9.79 Å². The van der Waals surface area contributed by atoms with Crippen molar-refractivity contribution in [1.29, 1.82) is 0 Å². The summed E-state index contributed by atoms with van der Waals surface area (Å²) in [5.41, 5.74) is -1.49. The predicted molar refractivity (Wildman–Crippen MR) is 125 cm³/mol. The molecule has 11 heteroatoms. The highest BCUT2D eigenvalue weighted by atomic mass is 35.5. The minimum atomic E-state index is -4.62. The zero-order chi connectivity index (χ0) is 23.3. The molecule has 2 heterocycles. The number of carbonyl (C=O) groups is 1. The van der Waals surface area contributed by atoms with Crippen LogP contribution in [0, 0.1) is 0 Å². The lowest BCUT2D eigenvalue weighted by molar-refractivity contribution is -0.183. The molecule has 0 spiro atoms. The van der Waals surface area contributed by atoms with Gasteiger partial charge in [-0.15, -0.1) is 0 Å². The summed E-state index contributed by atoms with van der Waals surface area (Å²) in [6.45, 7) is -0.528. The Labute approximate surface area is 206 Å². The van der Waals surface area contributed by atoms with Crippen molar-refractivity contribution in [3.05, 3.63) is 67.1 Å². The number of hydrogen-bond donors (Lipinski definition) is 1. The van der Waals surface area contributed by atoms with Crippen molar-refractivity contribution in [2.24, 2.45) is 4.99 Å². The maximum Gasteiger partial charge on any atom is 0.400 e. The fourth-order valence-electron chi connectivity index (χ4n) is 3.66. The molecule has 1 saturated heterocycles. The van der Waals surface area contributed by atoms with E-state index in [1.165, 1.54) is 24.3 Å². The normalized spacial score (nSPS) is 21.3. The summed E-state index contributed by atoms with van der Waals surface area (Å²) in [5.74, 6) is 1.38. The molecule has 2 aromatic rings. The summed E-state index contributed by atoms with van der Waals surface area (Å²) in [5, 5.41) is 2.90. The van der Waals surface area contributed by atoms with E-state index in [1.807, 2.05) is 0 Å². The van der Waals surface area contributed by atoms with Crippen molar-refractivity contribution in [3.8, 4) is 0 Å². The lowest BCUT2D eigenvalue weighted by Gasteiger charge is -2.32. The van der Waals surface area contributed by atoms with E-state index in [-0.39, 0.29) is 48.9 Å². The Morgan fingerprint density at radius 1 is 1.06 bits per heavy atom. The number of amides is 1. The first-order valence-electron chi connectivity index (χ1n) is 9.45. The summed E-state index contributed by atoms with van der Waals surface area (Å²) >= 11 is 25.9. The second-order valence-corrected chi connectivity index (χ2v) is 10.4. The van der Waals surface area contributed by atoms with Gasteiger partial charge in [-0.05, 0) is 35.4 Å². The van der Waals surface area contributed by atoms with E-state index < -0.39 is 24.6 Å². The van der Waals surface area contributed by atoms with E-state index in [2.05, 4.69) is 10.3 Å². The lowest BCUT2D eigenvalue weighted by Crippen LogP contribution is -2.44. The smallest absolute Gasteiger partial charge is 0.348 e. The summed E-state index contributed by atoms with van der Waals surface area (Å²) in [4.78, 5) is 16.6. The second kappa shape index (κ2) is 8.91. The van der Waals surface area contributed by atoms with Crippen LogP contribution in [0.15, 0.2) is 35.3 Å². The second-order valence-electron chi connectivity index (χ2n) is 7.68. The Kier molecular flexibility index (Phi) is 6.69. The molecule has 1 N–H and O–H groups in total. The maximum absolute atomic E-state index is 14.3. The Morgan fingerprint density at radius 2 is 1.72 bits per heavy atom. The summed E-state index contributed by atoms with van der Waals surface area (Å²) in [6.07, 6.45) is -5.05. The molecule has 4 rings (SSSR count). The molecule has 1 amide bonds. The first-order chi connectivity index (χ1) is 15.0. The third-order valence-electron chi connectivity index (χ3n) is 5.61. The molecule has 32 heavy (non-hydrogen) atoms. The van der Waals surface area contributed by atoms with Gasteiger partial charge in [0, 0.05) is 29.7 Å². The van der Waals surface area contributed by atoms with Crippen molar-refractivity contribution in [2.45, 2.75) is 24.1 Å². The minimum absolute atomic E-state index is 0.00492. The third-order valence-corrected chi connectivity index (χ3v) is 8.39. The van der Waals surface area contributed by atoms with Crippen molar-refractivity contribution in [2.75, 3.05) is 18.1 Å². The summed E-state index contributed by atoms with van der Waals surface area (Å²) < 4.78 is 42.9. The van der Waals surface area contributed by atoms with Crippen LogP contribution < -0.4 is 5.32 Å². The molecule has 3 nitrogen and oxygen atoms in total. The first kappa shape index (κ1) is 24.0. The van der Waals surface area contributed by atoms with Crippen LogP contribution in [0.3, 0.4) is 0 Å². The van der Waals surface area contributed by atoms with Crippen LogP contribution in [-0.2, 0) is 5.41 Å². The Balaban J connectivity index is 1.62. The Hall–Kier alpha value is -1.12. The molecule has 0 aliphatic carbocycles. The fraction of sp³-hybridized carbons (Fsp3) is 0.333. The van der Waals surface area contributed by atoms with E-state index in [0.29, 0.717) is 5.56 Å². The third kappa shape index (κ3) is 4.34. The summed E-state index contributed by atoms with van der Waals surface area (Å²) in [7, 11) is 0. The van der Waals surface area contributed by atoms with Crippen LogP contribution in [0.4, 0.5) is 13.2 Å². The van der Waals surface area contributed by atoms with E-state index >= 15 is 0 Å². The van der Waals surface area contributed by atoms with Gasteiger partial charge < -0.3 is 5.32 Å². The van der Waals surface area contributed by atoms with Crippen LogP contribution in [-0.4, -0.2) is 41.9 Å². The van der Waals surface area contributed by atoms with Crippen LogP contribution in [0.25, 0.3) is 0 Å². The van der Waals surface area contributed by atoms with Crippen molar-refractivity contribution < 1.29 is 18.0 Å². The van der Waals surface area contributed by atoms with Gasteiger partial charge in [0.15, 0.2) is 0 Å². The van der Waals surface area contributed by atoms with Gasteiger partial charge in [0.1, 0.15) is 5.41 Å². The van der Waals surface area contributed by atoms with Gasteiger partial charge in [0.2, 0.25) is 0 Å². The number of rotatable bonds is 4. The maximum atomic E-state index is 14.3. The van der Waals surface area contributed by atoms with Crippen LogP contribution in [0.1, 0.15) is 27.9 Å². The SMILES string of the molecule is O=C(NC1CSC1)c1ccc(C2=NCC(c3cc(Cl)c(Cl)c(Cl)c3)(C(F)(F)F)C2)cc1Cl. The Morgan fingerprint density at radius 3 is 2.25 bits per heavy atom. The number of nitrogens with zero attached hydrogens (tertiary/aromatic N) is 1. The molecule has 0 bridgehead atoms. The largest absolute Gasteiger partial charge is 0.400 e. The summed E-state index contributed by atoms with van der Waals surface area (Å²) in [6, 6.07) is 7.00. The zero-order valence-electron chi connectivity index (χ0n) is 16.2. The molecule has 2 aliphatic rings. The van der Waals surface area contributed by atoms with Crippen LogP contribution in [0.5, 0.6) is 0 Å². The molecule has 170 valence electrons. The standard InChI is InChI=1S/C21H15Cl4F3N2OS/c22-14-3-10(1-2-13(14)19(31)30-12-7-32-8-12)17-6-20(9-29-17,21(26,27)28)11-4-15(23)18(25)16(24)5-11/h1-5,12H,6-9H2,(H,30,31). The van der Waals surface area contributed by atoms with Crippen LogP contribution >= 0.6 is 58.2 Å². The molecule has 1 unspecified atom stereocenters. The topological polar surface area (TPSA) is 41.5 Å². The molecule has 1 fully saturated rings. The predicted octanol–water partition coefficient (Wildman–Crippen LogP) is 6.84. The molecule has 2 aliphatic heterocycles. The molecule has 0 aromatic heterocycles. The monoisotopic (exact) mass is 540 g/mol. The fourth-order valence-corrected chi connectivity index (χ4v) is 5.16. The number of alkyl halides is 3. The number of hydrogen-bond acceptors (Lipinski definition) is 3. The van der Waals surface area contributed by atoms with Crippen LogP contribution in [0.2, 0.25) is 20.1 Å². The first-order valence-corrected chi connectivity index (χ1v) is 12.1. The van der Waals surface area contributed by atoms with E-state index in [0.717, 1.165) is 11.5 Å². The van der Waals surface area contributed by atoms with E-state index in [4.69, 9.17) is 46.4 Å². The zero-order valence-corrected chi connectivity index (χ0v) is 20.0. The minimum Gasteiger partial charge on any atom is -0.348 e. The number of thioether (sulfide) groups is 1. The highest BCUT2D eigenvalue weighted by molar-refractivity contribution is 8.00. The highest BCUT2D eigenvalue weighted by Crippen LogP contribution is 2.49. The Bertz CT molecular complexity index is 1100. The van der Waals surface area contributed by atoms with Gasteiger partial charge in [-0.1, -0.05) is 52.5 Å². The number of benzene rings is 2. The molecule has 2 aromatic carbocycles. The molecule has 0 saturated carbocycles. The average Bonchev–Trinajstić information content (AvgIpc) is 3.15. The highest BCUT2D eigenvalue weighted by Gasteiger charge is 2.58.